The molecule has 0 unspecified atom stereocenters. The maximum Gasteiger partial charge on any atom is 0.0453 e. The molecule has 0 saturated heterocycles. The Hall–Kier alpha value is -0.470. The molecule has 48 valence electrons. The van der Waals surface area contributed by atoms with Crippen molar-refractivity contribution in [3.8, 4) is 0 Å². The molecule has 0 atom stereocenters. The molecular formula is C5H3Cl2N2-. The fourth-order valence-electron chi connectivity index (χ4n) is 0.411. The maximum atomic E-state index is 7.14. The molecule has 1 heterocycles. The van der Waals surface area contributed by atoms with E-state index in [-0.39, 0.29) is 15.7 Å². The number of hydrogen-bond acceptors (Lipinski definition) is 1. The van der Waals surface area contributed by atoms with Gasteiger partial charge in [0.05, 0.1) is 0 Å². The van der Waals surface area contributed by atoms with E-state index in [1.54, 1.807) is 0 Å². The third kappa shape index (κ3) is 1.26. The van der Waals surface area contributed by atoms with Crippen LogP contribution in [-0.2, 0) is 0 Å². The van der Waals surface area contributed by atoms with Gasteiger partial charge in [-0.05, 0) is 0 Å². The van der Waals surface area contributed by atoms with Gasteiger partial charge in [-0.3, -0.25) is 4.98 Å². The first-order chi connectivity index (χ1) is 4.22. The Bertz CT molecular complexity index is 204. The number of hydrogen-bond donors (Lipinski definition) is 0. The second-order valence-corrected chi connectivity index (χ2v) is 2.29. The van der Waals surface area contributed by atoms with Crippen LogP contribution in [0, 0.1) is 0 Å². The van der Waals surface area contributed by atoms with Gasteiger partial charge in [-0.2, -0.15) is 0 Å². The molecule has 9 heavy (non-hydrogen) atoms. The van der Waals surface area contributed by atoms with Gasteiger partial charge in [0.15, 0.2) is 0 Å². The molecule has 0 fully saturated rings. The van der Waals surface area contributed by atoms with Crippen molar-refractivity contribution < 1.29 is 0 Å². The molecule has 1 N–H and O–H groups in total. The second-order valence-electron chi connectivity index (χ2n) is 1.48. The lowest BCUT2D eigenvalue weighted by atomic mass is 10.4. The molecular weight excluding hydrogens is 159 g/mol. The molecule has 0 aliphatic heterocycles. The summed E-state index contributed by atoms with van der Waals surface area (Å²) in [6.07, 6.45) is 2.77. The summed E-state index contributed by atoms with van der Waals surface area (Å²) in [6, 6.07) is 0. The van der Waals surface area contributed by atoms with Crippen LogP contribution in [0.2, 0.25) is 10.0 Å². The van der Waals surface area contributed by atoms with Crippen LogP contribution in [0.25, 0.3) is 5.73 Å². The lowest BCUT2D eigenvalue weighted by Gasteiger charge is -2.05. The Kier molecular flexibility index (Phi) is 1.78. The lowest BCUT2D eigenvalue weighted by Crippen LogP contribution is -1.71. The topological polar surface area (TPSA) is 36.7 Å². The lowest BCUT2D eigenvalue weighted by molar-refractivity contribution is 1.34. The highest BCUT2D eigenvalue weighted by Crippen LogP contribution is 2.29. The summed E-state index contributed by atoms with van der Waals surface area (Å²) in [7, 11) is 0. The molecule has 1 rings (SSSR count). The van der Waals surface area contributed by atoms with E-state index in [0.717, 1.165) is 0 Å². The van der Waals surface area contributed by atoms with E-state index in [2.05, 4.69) is 4.98 Å². The summed E-state index contributed by atoms with van der Waals surface area (Å²) < 4.78 is 0. The third-order valence-electron chi connectivity index (χ3n) is 0.853. The zero-order valence-corrected chi connectivity index (χ0v) is 5.87. The smallest absolute Gasteiger partial charge is 0.0453 e. The summed E-state index contributed by atoms with van der Waals surface area (Å²) in [5.41, 5.74) is 7.27. The zero-order valence-electron chi connectivity index (χ0n) is 4.36. The Morgan fingerprint density at radius 2 is 1.67 bits per heavy atom. The predicted molar refractivity (Wildman–Crippen MR) is 38.2 cm³/mol. The summed E-state index contributed by atoms with van der Waals surface area (Å²) in [6.45, 7) is 0. The van der Waals surface area contributed by atoms with Crippen molar-refractivity contribution >= 4 is 28.9 Å². The van der Waals surface area contributed by atoms with E-state index in [9.17, 15) is 0 Å². The molecule has 0 aromatic carbocycles. The molecule has 0 radical (unpaired) electrons. The summed E-state index contributed by atoms with van der Waals surface area (Å²) >= 11 is 11.0. The number of nitrogens with zero attached hydrogens (tertiary/aromatic N) is 1. The van der Waals surface area contributed by atoms with Crippen molar-refractivity contribution in [3.63, 3.8) is 0 Å². The van der Waals surface area contributed by atoms with E-state index >= 15 is 0 Å². The highest BCUT2D eigenvalue weighted by molar-refractivity contribution is 6.38. The minimum absolute atomic E-state index is 0.133. The minimum Gasteiger partial charge on any atom is -0.696 e. The van der Waals surface area contributed by atoms with Gasteiger partial charge < -0.3 is 5.73 Å². The van der Waals surface area contributed by atoms with Crippen molar-refractivity contribution in [2.24, 2.45) is 0 Å². The van der Waals surface area contributed by atoms with E-state index in [4.69, 9.17) is 28.9 Å². The Morgan fingerprint density at radius 1 is 1.22 bits per heavy atom. The summed E-state index contributed by atoms with van der Waals surface area (Å²) in [5.74, 6) is 0. The van der Waals surface area contributed by atoms with E-state index < -0.39 is 0 Å². The fraction of sp³-hybridized carbons (Fsp3) is 0. The maximum absolute atomic E-state index is 7.14. The van der Waals surface area contributed by atoms with Gasteiger partial charge in [-0.25, -0.2) is 0 Å². The number of nitrogens with one attached hydrogen (secondary N) is 1. The molecule has 0 aliphatic rings. The van der Waals surface area contributed by atoms with Gasteiger partial charge >= 0.3 is 0 Å². The predicted octanol–water partition coefficient (Wildman–Crippen LogP) is 3.07. The Morgan fingerprint density at radius 3 is 2.00 bits per heavy atom. The zero-order chi connectivity index (χ0) is 6.85. The molecule has 0 saturated carbocycles. The average molecular weight is 162 g/mol. The first-order valence-corrected chi connectivity index (χ1v) is 2.98. The minimum atomic E-state index is 0.133. The van der Waals surface area contributed by atoms with Crippen molar-refractivity contribution in [1.82, 2.24) is 4.98 Å². The van der Waals surface area contributed by atoms with Gasteiger partial charge in [0.1, 0.15) is 0 Å². The summed E-state index contributed by atoms with van der Waals surface area (Å²) in [5, 5.41) is 0.560. The molecule has 2 nitrogen and oxygen atoms in total. The molecule has 0 amide bonds. The van der Waals surface area contributed by atoms with Crippen LogP contribution in [-0.4, -0.2) is 4.98 Å². The van der Waals surface area contributed by atoms with E-state index in [1.807, 2.05) is 0 Å². The van der Waals surface area contributed by atoms with Crippen molar-refractivity contribution in [2.75, 3.05) is 0 Å². The van der Waals surface area contributed by atoms with Gasteiger partial charge in [0.2, 0.25) is 0 Å². The van der Waals surface area contributed by atoms with Crippen LogP contribution >= 0.6 is 23.2 Å². The molecule has 0 aliphatic carbocycles. The molecule has 4 heteroatoms. The molecule has 0 bridgehead atoms. The number of aromatic nitrogens is 1. The average Bonchev–Trinajstić information content (AvgIpc) is 1.83. The summed E-state index contributed by atoms with van der Waals surface area (Å²) in [4.78, 5) is 3.66. The molecule has 0 spiro atoms. The van der Waals surface area contributed by atoms with E-state index in [1.165, 1.54) is 12.4 Å². The molecule has 1 aromatic heterocycles. The van der Waals surface area contributed by atoms with Crippen molar-refractivity contribution in [3.05, 3.63) is 28.2 Å². The van der Waals surface area contributed by atoms with Crippen LogP contribution in [0.3, 0.4) is 0 Å². The SMILES string of the molecule is [NH-]c1c(Cl)cncc1Cl. The third-order valence-corrected chi connectivity index (χ3v) is 1.43. The van der Waals surface area contributed by atoms with Crippen LogP contribution in [0.1, 0.15) is 0 Å². The standard InChI is InChI=1S/C5H3Cl2N2/c6-3-1-9-2-4(7)5(3)8/h1-2H,(H-,8,9)/q-1. The Balaban J connectivity index is 3.25. The second kappa shape index (κ2) is 2.42. The number of pyridine rings is 1. The highest BCUT2D eigenvalue weighted by Gasteiger charge is 1.91. The van der Waals surface area contributed by atoms with Gasteiger partial charge in [0.25, 0.3) is 0 Å². The number of halogens is 2. The van der Waals surface area contributed by atoms with Gasteiger partial charge in [-0.15, -0.1) is 5.69 Å². The van der Waals surface area contributed by atoms with Crippen molar-refractivity contribution in [1.29, 1.82) is 0 Å². The van der Waals surface area contributed by atoms with Gasteiger partial charge in [-0.1, -0.05) is 23.2 Å². The van der Waals surface area contributed by atoms with Crippen LogP contribution in [0.5, 0.6) is 0 Å². The first kappa shape index (κ1) is 6.65. The monoisotopic (exact) mass is 161 g/mol. The Labute approximate surface area is 62.6 Å². The van der Waals surface area contributed by atoms with Gasteiger partial charge in [0, 0.05) is 22.4 Å². The fourth-order valence-corrected chi connectivity index (χ4v) is 0.776. The molecule has 1 aromatic rings. The first-order valence-electron chi connectivity index (χ1n) is 2.22. The quantitative estimate of drug-likeness (QED) is 0.577. The van der Waals surface area contributed by atoms with Crippen LogP contribution in [0.4, 0.5) is 5.69 Å². The van der Waals surface area contributed by atoms with Crippen molar-refractivity contribution in [2.45, 2.75) is 0 Å². The van der Waals surface area contributed by atoms with Crippen LogP contribution < -0.4 is 0 Å². The normalized spacial score (nSPS) is 9.56. The highest BCUT2D eigenvalue weighted by atomic mass is 35.5. The van der Waals surface area contributed by atoms with E-state index in [0.29, 0.717) is 0 Å². The number of rotatable bonds is 0. The largest absolute Gasteiger partial charge is 0.696 e. The van der Waals surface area contributed by atoms with Crippen LogP contribution in [0.15, 0.2) is 12.4 Å².